The molecule has 8 nitrogen and oxygen atoms in total. The van der Waals surface area contributed by atoms with Crippen LogP contribution in [-0.2, 0) is 16.1 Å². The summed E-state index contributed by atoms with van der Waals surface area (Å²) < 4.78 is 6.97. The summed E-state index contributed by atoms with van der Waals surface area (Å²) in [5.41, 5.74) is 12.1. The lowest BCUT2D eigenvalue weighted by molar-refractivity contribution is -0.127. The fourth-order valence-electron chi connectivity index (χ4n) is 2.36. The highest BCUT2D eigenvalue weighted by Crippen LogP contribution is 2.15. The van der Waals surface area contributed by atoms with Crippen molar-refractivity contribution in [3.8, 4) is 0 Å². The van der Waals surface area contributed by atoms with Gasteiger partial charge in [-0.15, -0.1) is 0 Å². The molecule has 1 unspecified atom stereocenters. The lowest BCUT2D eigenvalue weighted by Crippen LogP contribution is -2.54. The zero-order chi connectivity index (χ0) is 15.4. The van der Waals surface area contributed by atoms with Gasteiger partial charge >= 0.3 is 0 Å². The van der Waals surface area contributed by atoms with Gasteiger partial charge in [-0.3, -0.25) is 14.3 Å². The van der Waals surface area contributed by atoms with Crippen molar-refractivity contribution in [3.05, 3.63) is 17.5 Å². The van der Waals surface area contributed by atoms with E-state index in [0.29, 0.717) is 31.8 Å². The Bertz CT molecular complexity index is 528. The molecule has 1 saturated heterocycles. The first-order chi connectivity index (χ1) is 10.1. The zero-order valence-electron chi connectivity index (χ0n) is 12.1. The highest BCUT2D eigenvalue weighted by Gasteiger charge is 2.33. The second-order valence-corrected chi connectivity index (χ2v) is 5.00. The molecule has 0 aromatic carbocycles. The number of nitrogens with zero attached hydrogens (tertiary/aromatic N) is 3. The lowest BCUT2D eigenvalue weighted by atomic mass is 10.1. The Labute approximate surface area is 123 Å². The van der Waals surface area contributed by atoms with E-state index < -0.39 is 11.9 Å². The summed E-state index contributed by atoms with van der Waals surface area (Å²) >= 11 is 0. The van der Waals surface area contributed by atoms with Gasteiger partial charge < -0.3 is 21.1 Å². The van der Waals surface area contributed by atoms with Gasteiger partial charge in [-0.2, -0.15) is 5.10 Å². The first-order valence-electron chi connectivity index (χ1n) is 6.96. The average molecular weight is 295 g/mol. The number of aromatic nitrogens is 2. The molecule has 1 aliphatic rings. The number of aryl methyl sites for hydroxylation is 1. The van der Waals surface area contributed by atoms with Crippen LogP contribution in [0.4, 0.5) is 0 Å². The Morgan fingerprint density at radius 3 is 2.95 bits per heavy atom. The van der Waals surface area contributed by atoms with Gasteiger partial charge in [0, 0.05) is 18.8 Å². The Morgan fingerprint density at radius 1 is 1.52 bits per heavy atom. The van der Waals surface area contributed by atoms with Gasteiger partial charge in [-0.05, 0) is 19.9 Å². The summed E-state index contributed by atoms with van der Waals surface area (Å²) in [5, 5.41) is 4.21. The van der Waals surface area contributed by atoms with Crippen LogP contribution in [0.25, 0.3) is 0 Å². The number of morpholine rings is 1. The number of carbonyl (C=O) groups is 2. The molecule has 0 saturated carbocycles. The SMILES string of the molecule is Cc1c(C(=O)N2CCOCC2C(N)=O)cnn1CCCN. The molecule has 1 aliphatic heterocycles. The van der Waals surface area contributed by atoms with Crippen LogP contribution >= 0.6 is 0 Å². The number of amides is 2. The summed E-state index contributed by atoms with van der Waals surface area (Å²) in [4.78, 5) is 25.5. The smallest absolute Gasteiger partial charge is 0.258 e. The minimum absolute atomic E-state index is 0.140. The number of hydrogen-bond acceptors (Lipinski definition) is 5. The van der Waals surface area contributed by atoms with Gasteiger partial charge in [-0.1, -0.05) is 0 Å². The third-order valence-corrected chi connectivity index (χ3v) is 3.63. The van der Waals surface area contributed by atoms with Crippen molar-refractivity contribution in [2.24, 2.45) is 11.5 Å². The van der Waals surface area contributed by atoms with Crippen molar-refractivity contribution in [1.82, 2.24) is 14.7 Å². The third-order valence-electron chi connectivity index (χ3n) is 3.63. The average Bonchev–Trinajstić information content (AvgIpc) is 2.85. The maximum absolute atomic E-state index is 12.6. The number of nitrogens with two attached hydrogens (primary N) is 2. The zero-order valence-corrected chi connectivity index (χ0v) is 12.1. The van der Waals surface area contributed by atoms with Crippen molar-refractivity contribution >= 4 is 11.8 Å². The molecular weight excluding hydrogens is 274 g/mol. The largest absolute Gasteiger partial charge is 0.377 e. The molecule has 21 heavy (non-hydrogen) atoms. The monoisotopic (exact) mass is 295 g/mol. The maximum atomic E-state index is 12.6. The molecule has 2 heterocycles. The molecule has 0 bridgehead atoms. The van der Waals surface area contributed by atoms with Gasteiger partial charge in [0.15, 0.2) is 0 Å². The molecule has 1 aromatic heterocycles. The number of rotatable bonds is 5. The minimum atomic E-state index is -0.724. The molecule has 4 N–H and O–H groups in total. The molecule has 0 radical (unpaired) electrons. The first kappa shape index (κ1) is 15.5. The van der Waals surface area contributed by atoms with Crippen molar-refractivity contribution in [2.75, 3.05) is 26.3 Å². The van der Waals surface area contributed by atoms with Crippen molar-refractivity contribution < 1.29 is 14.3 Å². The van der Waals surface area contributed by atoms with E-state index in [0.717, 1.165) is 12.1 Å². The second kappa shape index (κ2) is 6.68. The van der Waals surface area contributed by atoms with Gasteiger partial charge in [0.2, 0.25) is 5.91 Å². The first-order valence-corrected chi connectivity index (χ1v) is 6.96. The number of ether oxygens (including phenoxy) is 1. The molecular formula is C13H21N5O3. The van der Waals surface area contributed by atoms with Crippen LogP contribution in [0.3, 0.4) is 0 Å². The van der Waals surface area contributed by atoms with Crippen molar-refractivity contribution in [2.45, 2.75) is 25.9 Å². The van der Waals surface area contributed by atoms with E-state index in [2.05, 4.69) is 5.10 Å². The third kappa shape index (κ3) is 3.22. The maximum Gasteiger partial charge on any atom is 0.258 e. The van der Waals surface area contributed by atoms with Gasteiger partial charge in [0.1, 0.15) is 6.04 Å². The predicted octanol–water partition coefficient (Wildman–Crippen LogP) is -1.13. The van der Waals surface area contributed by atoms with Gasteiger partial charge in [0.05, 0.1) is 25.0 Å². The molecule has 116 valence electrons. The Kier molecular flexibility index (Phi) is 4.92. The summed E-state index contributed by atoms with van der Waals surface area (Å²) in [5.74, 6) is -0.796. The highest BCUT2D eigenvalue weighted by molar-refractivity contribution is 5.98. The summed E-state index contributed by atoms with van der Waals surface area (Å²) in [6.45, 7) is 3.95. The normalized spacial score (nSPS) is 18.8. The van der Waals surface area contributed by atoms with Crippen molar-refractivity contribution in [3.63, 3.8) is 0 Å². The predicted molar refractivity (Wildman–Crippen MR) is 75.5 cm³/mol. The highest BCUT2D eigenvalue weighted by atomic mass is 16.5. The fraction of sp³-hybridized carbons (Fsp3) is 0.615. The fourth-order valence-corrected chi connectivity index (χ4v) is 2.36. The topological polar surface area (TPSA) is 116 Å². The molecule has 2 amide bonds. The Morgan fingerprint density at radius 2 is 2.29 bits per heavy atom. The quantitative estimate of drug-likeness (QED) is 0.712. The van der Waals surface area contributed by atoms with E-state index in [1.54, 1.807) is 4.68 Å². The van der Waals surface area contributed by atoms with Crippen LogP contribution < -0.4 is 11.5 Å². The van der Waals surface area contributed by atoms with E-state index in [4.69, 9.17) is 16.2 Å². The number of primary amides is 1. The molecule has 0 aliphatic carbocycles. The van der Waals surface area contributed by atoms with Crippen LogP contribution in [-0.4, -0.2) is 58.8 Å². The summed E-state index contributed by atoms with van der Waals surface area (Å²) in [6.07, 6.45) is 2.32. The molecule has 0 spiro atoms. The minimum Gasteiger partial charge on any atom is -0.377 e. The van der Waals surface area contributed by atoms with E-state index in [1.165, 1.54) is 11.1 Å². The second-order valence-electron chi connectivity index (χ2n) is 5.00. The van der Waals surface area contributed by atoms with E-state index in [1.807, 2.05) is 6.92 Å². The molecule has 8 heteroatoms. The Balaban J connectivity index is 2.18. The number of carbonyl (C=O) groups excluding carboxylic acids is 2. The van der Waals surface area contributed by atoms with Crippen LogP contribution in [0, 0.1) is 6.92 Å². The van der Waals surface area contributed by atoms with Crippen LogP contribution in [0.2, 0.25) is 0 Å². The molecule has 1 aromatic rings. The van der Waals surface area contributed by atoms with E-state index >= 15 is 0 Å². The summed E-state index contributed by atoms with van der Waals surface area (Å²) in [6, 6.07) is -0.724. The summed E-state index contributed by atoms with van der Waals surface area (Å²) in [7, 11) is 0. The van der Waals surface area contributed by atoms with Crippen LogP contribution in [0.15, 0.2) is 6.20 Å². The van der Waals surface area contributed by atoms with E-state index in [9.17, 15) is 9.59 Å². The standard InChI is InChI=1S/C13H21N5O3/c1-9-10(7-16-18(9)4-2-3-14)13(20)17-5-6-21-8-11(17)12(15)19/h7,11H,2-6,8,14H2,1H3,(H2,15,19). The van der Waals surface area contributed by atoms with Crippen molar-refractivity contribution in [1.29, 1.82) is 0 Å². The number of hydrogen-bond donors (Lipinski definition) is 2. The van der Waals surface area contributed by atoms with Gasteiger partial charge in [0.25, 0.3) is 5.91 Å². The molecule has 2 rings (SSSR count). The molecule has 1 fully saturated rings. The van der Waals surface area contributed by atoms with Crippen LogP contribution in [0.1, 0.15) is 22.5 Å². The Hall–Kier alpha value is -1.93. The van der Waals surface area contributed by atoms with E-state index in [-0.39, 0.29) is 12.5 Å². The van der Waals surface area contributed by atoms with Gasteiger partial charge in [-0.25, -0.2) is 0 Å². The lowest BCUT2D eigenvalue weighted by Gasteiger charge is -2.33. The molecule has 1 atom stereocenters. The van der Waals surface area contributed by atoms with Crippen LogP contribution in [0.5, 0.6) is 0 Å².